The lowest BCUT2D eigenvalue weighted by molar-refractivity contribution is -0.149. The molecule has 0 bridgehead atoms. The Kier molecular flexibility index (Phi) is 3.87. The Morgan fingerprint density at radius 3 is 2.09 bits per heavy atom. The van der Waals surface area contributed by atoms with E-state index in [1.165, 1.54) is 0 Å². The number of nitrogens with two attached hydrogens (primary N) is 1. The quantitative estimate of drug-likeness (QED) is 0.518. The first kappa shape index (κ1) is 9.61. The number of rotatable bonds is 5. The fourth-order valence-electron chi connectivity index (χ4n) is 0.530. The number of carboxylic acid groups (broad SMARTS) is 1. The molecule has 1 amide bonds. The Balaban J connectivity index is 3.47. The largest absolute Gasteiger partial charge is 0.476 e. The summed E-state index contributed by atoms with van der Waals surface area (Å²) in [5, 5.41) is 8.08. The summed E-state index contributed by atoms with van der Waals surface area (Å²) >= 11 is 0. The fourth-order valence-corrected chi connectivity index (χ4v) is 0.530. The molecule has 0 unspecified atom stereocenters. The molecule has 0 spiro atoms. The molecule has 0 fully saturated rings. The highest BCUT2D eigenvalue weighted by atomic mass is 16.4. The molecule has 0 heterocycles. The standard InChI is InChI=1S/C6H9NO4/c7-5(9)3-1-2-4(8)6(10)11/h1-3H2,(H2,7,9)(H,10,11). The van der Waals surface area contributed by atoms with Crippen molar-refractivity contribution in [3.05, 3.63) is 0 Å². The number of aliphatic carboxylic acids is 1. The van der Waals surface area contributed by atoms with Crippen molar-refractivity contribution in [2.45, 2.75) is 19.3 Å². The number of hydrogen-bond donors (Lipinski definition) is 2. The smallest absolute Gasteiger partial charge is 0.372 e. The van der Waals surface area contributed by atoms with Crippen molar-refractivity contribution in [2.75, 3.05) is 0 Å². The van der Waals surface area contributed by atoms with Crippen LogP contribution in [0, 0.1) is 0 Å². The number of hydrogen-bond acceptors (Lipinski definition) is 3. The first-order valence-corrected chi connectivity index (χ1v) is 3.08. The van der Waals surface area contributed by atoms with Crippen LogP contribution in [0.3, 0.4) is 0 Å². The van der Waals surface area contributed by atoms with Crippen molar-refractivity contribution < 1.29 is 19.5 Å². The van der Waals surface area contributed by atoms with Crippen LogP contribution < -0.4 is 5.73 Å². The molecule has 11 heavy (non-hydrogen) atoms. The van der Waals surface area contributed by atoms with Crippen molar-refractivity contribution in [3.63, 3.8) is 0 Å². The van der Waals surface area contributed by atoms with E-state index in [4.69, 9.17) is 10.8 Å². The Morgan fingerprint density at radius 1 is 1.18 bits per heavy atom. The van der Waals surface area contributed by atoms with Gasteiger partial charge in [0.15, 0.2) is 0 Å². The van der Waals surface area contributed by atoms with Gasteiger partial charge in [0.05, 0.1) is 0 Å². The second kappa shape index (κ2) is 4.43. The molecule has 0 atom stereocenters. The Bertz CT molecular complexity index is 187. The molecule has 0 aromatic carbocycles. The highest BCUT2D eigenvalue weighted by molar-refractivity contribution is 6.32. The summed E-state index contributed by atoms with van der Waals surface area (Å²) in [5.41, 5.74) is 4.76. The molecule has 0 saturated heterocycles. The van der Waals surface area contributed by atoms with Crippen LogP contribution in [0.25, 0.3) is 0 Å². The van der Waals surface area contributed by atoms with E-state index in [0.29, 0.717) is 0 Å². The summed E-state index contributed by atoms with van der Waals surface area (Å²) in [5.74, 6) is -2.87. The zero-order valence-electron chi connectivity index (χ0n) is 5.87. The van der Waals surface area contributed by atoms with Crippen molar-refractivity contribution in [1.82, 2.24) is 0 Å². The molecule has 5 nitrogen and oxygen atoms in total. The summed E-state index contributed by atoms with van der Waals surface area (Å²) < 4.78 is 0. The Labute approximate surface area is 63.2 Å². The number of carbonyl (C=O) groups is 3. The van der Waals surface area contributed by atoms with Crippen LogP contribution in [0.4, 0.5) is 0 Å². The molecule has 5 heteroatoms. The molecule has 0 aliphatic rings. The minimum Gasteiger partial charge on any atom is -0.476 e. The van der Waals surface area contributed by atoms with Gasteiger partial charge in [-0.3, -0.25) is 9.59 Å². The van der Waals surface area contributed by atoms with Gasteiger partial charge < -0.3 is 10.8 Å². The molecule has 0 aromatic heterocycles. The number of carbonyl (C=O) groups excluding carboxylic acids is 2. The average Bonchev–Trinajstić information content (AvgIpc) is 1.86. The van der Waals surface area contributed by atoms with E-state index in [0.717, 1.165) is 0 Å². The van der Waals surface area contributed by atoms with E-state index in [9.17, 15) is 14.4 Å². The average molecular weight is 159 g/mol. The third-order valence-corrected chi connectivity index (χ3v) is 1.07. The number of ketones is 1. The van der Waals surface area contributed by atoms with E-state index in [1.807, 2.05) is 0 Å². The zero-order chi connectivity index (χ0) is 8.85. The van der Waals surface area contributed by atoms with Gasteiger partial charge in [0.25, 0.3) is 0 Å². The first-order valence-electron chi connectivity index (χ1n) is 3.08. The molecule has 0 aliphatic carbocycles. The van der Waals surface area contributed by atoms with E-state index >= 15 is 0 Å². The predicted octanol–water partition coefficient (Wildman–Crippen LogP) is -0.704. The van der Waals surface area contributed by atoms with E-state index in [-0.39, 0.29) is 19.3 Å². The summed E-state index contributed by atoms with van der Waals surface area (Å²) in [6, 6.07) is 0. The van der Waals surface area contributed by atoms with Crippen molar-refractivity contribution in [2.24, 2.45) is 5.73 Å². The third kappa shape index (κ3) is 5.07. The molecule has 0 rings (SSSR count). The van der Waals surface area contributed by atoms with E-state index < -0.39 is 17.7 Å². The van der Waals surface area contributed by atoms with Crippen LogP contribution in [0.1, 0.15) is 19.3 Å². The maximum Gasteiger partial charge on any atom is 0.372 e. The molecular formula is C6H9NO4. The zero-order valence-corrected chi connectivity index (χ0v) is 5.87. The Morgan fingerprint density at radius 2 is 1.73 bits per heavy atom. The highest BCUT2D eigenvalue weighted by Crippen LogP contribution is 1.95. The lowest BCUT2D eigenvalue weighted by Gasteiger charge is -1.92. The predicted molar refractivity (Wildman–Crippen MR) is 35.7 cm³/mol. The van der Waals surface area contributed by atoms with Crippen LogP contribution in [0.2, 0.25) is 0 Å². The topological polar surface area (TPSA) is 97.5 Å². The maximum atomic E-state index is 10.4. The van der Waals surface area contributed by atoms with Gasteiger partial charge in [-0.15, -0.1) is 0 Å². The lowest BCUT2D eigenvalue weighted by Crippen LogP contribution is -2.14. The summed E-state index contributed by atoms with van der Waals surface area (Å²) in [4.78, 5) is 30.4. The van der Waals surface area contributed by atoms with Crippen molar-refractivity contribution in [3.8, 4) is 0 Å². The molecule has 3 N–H and O–H groups in total. The van der Waals surface area contributed by atoms with Crippen molar-refractivity contribution >= 4 is 17.7 Å². The van der Waals surface area contributed by atoms with Gasteiger partial charge in [-0.2, -0.15) is 0 Å². The molecule has 0 aliphatic heterocycles. The van der Waals surface area contributed by atoms with Gasteiger partial charge in [0.2, 0.25) is 11.7 Å². The van der Waals surface area contributed by atoms with Gasteiger partial charge >= 0.3 is 5.97 Å². The summed E-state index contributed by atoms with van der Waals surface area (Å²) in [7, 11) is 0. The van der Waals surface area contributed by atoms with Gasteiger partial charge in [-0.05, 0) is 6.42 Å². The normalized spacial score (nSPS) is 9.09. The van der Waals surface area contributed by atoms with Gasteiger partial charge in [-0.1, -0.05) is 0 Å². The number of amides is 1. The van der Waals surface area contributed by atoms with Crippen LogP contribution in [-0.2, 0) is 14.4 Å². The minimum atomic E-state index is -1.46. The van der Waals surface area contributed by atoms with Gasteiger partial charge in [-0.25, -0.2) is 4.79 Å². The van der Waals surface area contributed by atoms with Crippen LogP contribution in [-0.4, -0.2) is 22.8 Å². The lowest BCUT2D eigenvalue weighted by atomic mass is 10.2. The van der Waals surface area contributed by atoms with Crippen LogP contribution in [0.5, 0.6) is 0 Å². The second-order valence-corrected chi connectivity index (χ2v) is 2.05. The van der Waals surface area contributed by atoms with Crippen molar-refractivity contribution in [1.29, 1.82) is 0 Å². The highest BCUT2D eigenvalue weighted by Gasteiger charge is 2.10. The van der Waals surface area contributed by atoms with E-state index in [2.05, 4.69) is 0 Å². The number of carboxylic acids is 1. The van der Waals surface area contributed by atoms with Gasteiger partial charge in [0, 0.05) is 12.8 Å². The monoisotopic (exact) mass is 159 g/mol. The summed E-state index contributed by atoms with van der Waals surface area (Å²) in [6.45, 7) is 0. The second-order valence-electron chi connectivity index (χ2n) is 2.05. The van der Waals surface area contributed by atoms with Crippen LogP contribution in [0.15, 0.2) is 0 Å². The summed E-state index contributed by atoms with van der Waals surface area (Å²) in [6.07, 6.45) is 0.137. The van der Waals surface area contributed by atoms with Crippen LogP contribution >= 0.6 is 0 Å². The third-order valence-electron chi connectivity index (χ3n) is 1.07. The molecule has 0 saturated carbocycles. The number of Topliss-reactive ketones (excluding diaryl/α,β-unsaturated/α-hetero) is 1. The molecule has 0 radical (unpaired) electrons. The minimum absolute atomic E-state index is 0.0546. The first-order chi connectivity index (χ1) is 5.04. The Hall–Kier alpha value is -1.39. The SMILES string of the molecule is NC(=O)CCCC(=O)C(=O)O. The van der Waals surface area contributed by atoms with Gasteiger partial charge in [0.1, 0.15) is 0 Å². The maximum absolute atomic E-state index is 10.4. The molecule has 0 aromatic rings. The molecule has 62 valence electrons. The number of primary amides is 1. The molecular weight excluding hydrogens is 150 g/mol. The van der Waals surface area contributed by atoms with E-state index in [1.54, 1.807) is 0 Å². The fraction of sp³-hybridized carbons (Fsp3) is 0.500.